The molecule has 0 saturated carbocycles. The van der Waals surface area contributed by atoms with Gasteiger partial charge in [0.05, 0.1) is 12.3 Å². The monoisotopic (exact) mass is 521 g/mol. The Balaban J connectivity index is 1.42. The SMILES string of the molecule is CC(C)c1cc(NC(=O)N2CC(c3ccccc3)C(c3ccc(OC(F)F)cc3)=N2)cc2c1OC(C)(C)O2. The van der Waals surface area contributed by atoms with Gasteiger partial charge in [-0.2, -0.15) is 13.9 Å². The maximum Gasteiger partial charge on any atom is 0.387 e. The van der Waals surface area contributed by atoms with Gasteiger partial charge in [-0.05, 0) is 47.4 Å². The summed E-state index contributed by atoms with van der Waals surface area (Å²) in [7, 11) is 0. The second kappa shape index (κ2) is 9.96. The van der Waals surface area contributed by atoms with E-state index < -0.39 is 18.4 Å². The number of rotatable bonds is 6. The zero-order valence-corrected chi connectivity index (χ0v) is 21.6. The minimum atomic E-state index is -2.90. The lowest BCUT2D eigenvalue weighted by molar-refractivity contribution is -0.0499. The Kier molecular flexibility index (Phi) is 6.69. The number of nitrogens with one attached hydrogen (secondary N) is 1. The average molecular weight is 522 g/mol. The second-order valence-corrected chi connectivity index (χ2v) is 10.0. The van der Waals surface area contributed by atoms with Gasteiger partial charge in [-0.1, -0.05) is 44.2 Å². The van der Waals surface area contributed by atoms with Gasteiger partial charge in [-0.25, -0.2) is 9.80 Å². The standard InChI is InChI=1S/C29H29F2N3O4/c1-17(2)22-14-20(15-24-26(22)38-29(3,4)37-24)32-28(35)34-16-23(18-8-6-5-7-9-18)25(33-34)19-10-12-21(13-11-19)36-27(30)31/h5-15,17,23,27H,16H2,1-4H3,(H,32,35). The van der Waals surface area contributed by atoms with E-state index in [1.54, 1.807) is 18.2 Å². The van der Waals surface area contributed by atoms with E-state index >= 15 is 0 Å². The topological polar surface area (TPSA) is 72.4 Å². The summed E-state index contributed by atoms with van der Waals surface area (Å²) in [5, 5.41) is 8.99. The largest absolute Gasteiger partial charge is 0.449 e. The number of urea groups is 1. The molecule has 1 N–H and O–H groups in total. The predicted octanol–water partition coefficient (Wildman–Crippen LogP) is 6.95. The van der Waals surface area contributed by atoms with Gasteiger partial charge in [0.1, 0.15) is 5.75 Å². The van der Waals surface area contributed by atoms with Gasteiger partial charge in [0.15, 0.2) is 11.5 Å². The van der Waals surface area contributed by atoms with Gasteiger partial charge in [0.2, 0.25) is 5.79 Å². The fraction of sp³-hybridized carbons (Fsp3) is 0.310. The molecule has 2 aliphatic rings. The minimum Gasteiger partial charge on any atom is -0.449 e. The molecule has 2 heterocycles. The molecule has 38 heavy (non-hydrogen) atoms. The summed E-state index contributed by atoms with van der Waals surface area (Å²) < 4.78 is 41.6. The molecule has 2 amide bonds. The van der Waals surface area contributed by atoms with E-state index in [2.05, 4.69) is 29.0 Å². The molecule has 1 unspecified atom stereocenters. The summed E-state index contributed by atoms with van der Waals surface area (Å²) in [6.45, 7) is 5.19. The Bertz CT molecular complexity index is 1360. The van der Waals surface area contributed by atoms with Crippen LogP contribution in [0.15, 0.2) is 71.8 Å². The third kappa shape index (κ3) is 5.27. The van der Waals surface area contributed by atoms with E-state index in [1.807, 2.05) is 50.2 Å². The fourth-order valence-corrected chi connectivity index (χ4v) is 4.67. The van der Waals surface area contributed by atoms with Crippen LogP contribution in [0.5, 0.6) is 17.2 Å². The minimum absolute atomic E-state index is 0.0557. The Morgan fingerprint density at radius 2 is 1.79 bits per heavy atom. The van der Waals surface area contributed by atoms with Crippen LogP contribution in [0.1, 0.15) is 56.2 Å². The second-order valence-electron chi connectivity index (χ2n) is 10.0. The first-order chi connectivity index (χ1) is 18.1. The van der Waals surface area contributed by atoms with Crippen molar-refractivity contribution in [3.8, 4) is 17.2 Å². The Hall–Kier alpha value is -4.14. The number of carbonyl (C=O) groups is 1. The van der Waals surface area contributed by atoms with Crippen LogP contribution in [-0.2, 0) is 0 Å². The number of hydrogen-bond acceptors (Lipinski definition) is 5. The maximum absolute atomic E-state index is 13.4. The van der Waals surface area contributed by atoms with Crippen molar-refractivity contribution in [3.05, 3.63) is 83.4 Å². The van der Waals surface area contributed by atoms with Crippen molar-refractivity contribution in [3.63, 3.8) is 0 Å². The number of ether oxygens (including phenoxy) is 3. The molecule has 0 saturated heterocycles. The number of anilines is 1. The number of alkyl halides is 2. The Morgan fingerprint density at radius 3 is 2.45 bits per heavy atom. The lowest BCUT2D eigenvalue weighted by Crippen LogP contribution is -2.30. The molecule has 198 valence electrons. The van der Waals surface area contributed by atoms with Gasteiger partial charge in [-0.15, -0.1) is 0 Å². The molecule has 7 nitrogen and oxygen atoms in total. The van der Waals surface area contributed by atoms with Crippen LogP contribution in [-0.4, -0.2) is 35.7 Å². The van der Waals surface area contributed by atoms with Gasteiger partial charge in [-0.3, -0.25) is 0 Å². The molecule has 0 bridgehead atoms. The van der Waals surface area contributed by atoms with Crippen LogP contribution >= 0.6 is 0 Å². The number of amides is 2. The van der Waals surface area contributed by atoms with E-state index in [9.17, 15) is 13.6 Å². The van der Waals surface area contributed by atoms with E-state index in [4.69, 9.17) is 9.47 Å². The van der Waals surface area contributed by atoms with Crippen molar-refractivity contribution in [2.24, 2.45) is 5.10 Å². The molecule has 5 rings (SSSR count). The zero-order valence-electron chi connectivity index (χ0n) is 21.6. The van der Waals surface area contributed by atoms with Crippen molar-refractivity contribution in [1.82, 2.24) is 5.01 Å². The molecule has 3 aromatic carbocycles. The van der Waals surface area contributed by atoms with Gasteiger partial charge in [0, 0.05) is 37.1 Å². The molecular weight excluding hydrogens is 492 g/mol. The number of carbonyl (C=O) groups excluding carboxylic acids is 1. The maximum atomic E-state index is 13.4. The fourth-order valence-electron chi connectivity index (χ4n) is 4.67. The Labute approximate surface area is 220 Å². The van der Waals surface area contributed by atoms with Crippen LogP contribution < -0.4 is 19.5 Å². The number of nitrogens with zero attached hydrogens (tertiary/aromatic N) is 2. The van der Waals surface area contributed by atoms with Gasteiger partial charge < -0.3 is 19.5 Å². The van der Waals surface area contributed by atoms with E-state index in [0.29, 0.717) is 35.0 Å². The lowest BCUT2D eigenvalue weighted by atomic mass is 9.90. The first-order valence-corrected chi connectivity index (χ1v) is 12.4. The summed E-state index contributed by atoms with van der Waals surface area (Å²) in [6, 6.07) is 19.3. The normalized spacial score (nSPS) is 17.6. The number of hydrogen-bond donors (Lipinski definition) is 1. The summed E-state index contributed by atoms with van der Waals surface area (Å²) in [5.41, 5.74) is 3.87. The van der Waals surface area contributed by atoms with Crippen LogP contribution in [0.2, 0.25) is 0 Å². The number of hydrazone groups is 1. The first-order valence-electron chi connectivity index (χ1n) is 12.4. The van der Waals surface area contributed by atoms with Crippen molar-refractivity contribution in [1.29, 1.82) is 0 Å². The number of halogens is 2. The summed E-state index contributed by atoms with van der Waals surface area (Å²) in [4.78, 5) is 13.4. The van der Waals surface area contributed by atoms with Gasteiger partial charge in [0.25, 0.3) is 0 Å². The highest BCUT2D eigenvalue weighted by Gasteiger charge is 2.36. The third-order valence-electron chi connectivity index (χ3n) is 6.39. The van der Waals surface area contributed by atoms with Crippen LogP contribution in [0.25, 0.3) is 0 Å². The average Bonchev–Trinajstić information content (AvgIpc) is 3.44. The number of benzene rings is 3. The van der Waals surface area contributed by atoms with Crippen molar-refractivity contribution in [2.75, 3.05) is 11.9 Å². The summed E-state index contributed by atoms with van der Waals surface area (Å²) in [6.07, 6.45) is 0. The summed E-state index contributed by atoms with van der Waals surface area (Å²) >= 11 is 0. The highest BCUT2D eigenvalue weighted by atomic mass is 19.3. The van der Waals surface area contributed by atoms with E-state index in [1.165, 1.54) is 17.1 Å². The van der Waals surface area contributed by atoms with Crippen LogP contribution in [0, 0.1) is 0 Å². The first kappa shape index (κ1) is 25.5. The molecular formula is C29H29F2N3O4. The van der Waals surface area contributed by atoms with Crippen LogP contribution in [0.3, 0.4) is 0 Å². The molecule has 0 fully saturated rings. The highest BCUT2D eigenvalue weighted by Crippen LogP contribution is 2.46. The molecule has 3 aromatic rings. The zero-order chi connectivity index (χ0) is 27.0. The third-order valence-corrected chi connectivity index (χ3v) is 6.39. The summed E-state index contributed by atoms with van der Waals surface area (Å²) in [5.74, 6) is 0.478. The molecule has 0 aromatic heterocycles. The van der Waals surface area contributed by atoms with Crippen LogP contribution in [0.4, 0.5) is 19.3 Å². The number of fused-ring (bicyclic) bond motifs is 1. The van der Waals surface area contributed by atoms with Crippen molar-refractivity contribution in [2.45, 2.75) is 51.9 Å². The molecule has 0 aliphatic carbocycles. The molecule has 2 aliphatic heterocycles. The smallest absolute Gasteiger partial charge is 0.387 e. The van der Waals surface area contributed by atoms with E-state index in [-0.39, 0.29) is 17.6 Å². The van der Waals surface area contributed by atoms with E-state index in [0.717, 1.165) is 11.1 Å². The predicted molar refractivity (Wildman–Crippen MR) is 140 cm³/mol. The molecule has 1 atom stereocenters. The molecule has 0 radical (unpaired) electrons. The molecule has 0 spiro atoms. The van der Waals surface area contributed by atoms with Crippen molar-refractivity contribution >= 4 is 17.4 Å². The van der Waals surface area contributed by atoms with Crippen molar-refractivity contribution < 1.29 is 27.8 Å². The lowest BCUT2D eigenvalue weighted by Gasteiger charge is -2.17. The highest BCUT2D eigenvalue weighted by molar-refractivity contribution is 6.08. The molecule has 9 heteroatoms. The quantitative estimate of drug-likeness (QED) is 0.381. The Morgan fingerprint density at radius 1 is 1.08 bits per heavy atom. The van der Waals surface area contributed by atoms with Gasteiger partial charge >= 0.3 is 12.6 Å².